The van der Waals surface area contributed by atoms with Crippen LogP contribution in [0.3, 0.4) is 0 Å². The Bertz CT molecular complexity index is 590. The van der Waals surface area contributed by atoms with Gasteiger partial charge < -0.3 is 5.11 Å². The number of carbonyl (C=O) groups is 1. The van der Waals surface area contributed by atoms with Crippen molar-refractivity contribution in [2.45, 2.75) is 6.54 Å². The van der Waals surface area contributed by atoms with Crippen molar-refractivity contribution in [3.63, 3.8) is 0 Å². The summed E-state index contributed by atoms with van der Waals surface area (Å²) in [6.45, 7) is 0.194. The van der Waals surface area contributed by atoms with Crippen LogP contribution in [0.1, 0.15) is 16.1 Å². The Hall–Kier alpha value is -2.77. The minimum Gasteiger partial charge on any atom is -0.476 e. The van der Waals surface area contributed by atoms with E-state index in [0.717, 1.165) is 6.20 Å². The molecule has 92 valence electrons. The van der Waals surface area contributed by atoms with Crippen molar-refractivity contribution in [1.82, 2.24) is 15.0 Å². The maximum absolute atomic E-state index is 10.8. The Balaban J connectivity index is 2.21. The fourth-order valence-corrected chi connectivity index (χ4v) is 1.44. The van der Waals surface area contributed by atoms with Gasteiger partial charge in [-0.05, 0) is 5.56 Å². The maximum atomic E-state index is 10.8. The van der Waals surface area contributed by atoms with Crippen molar-refractivity contribution in [1.29, 1.82) is 0 Å². The zero-order valence-corrected chi connectivity index (χ0v) is 9.05. The number of hydrogen-bond donors (Lipinski definition) is 1. The van der Waals surface area contributed by atoms with Crippen LogP contribution in [-0.4, -0.2) is 31.0 Å². The average molecular weight is 248 g/mol. The van der Waals surface area contributed by atoms with E-state index in [1.807, 2.05) is 0 Å². The highest BCUT2D eigenvalue weighted by Gasteiger charge is 2.12. The predicted octanol–water partition coefficient (Wildman–Crippen LogP) is 0.933. The van der Waals surface area contributed by atoms with Gasteiger partial charge in [0.25, 0.3) is 5.69 Å². The minimum atomic E-state index is -1.12. The molecule has 0 aliphatic rings. The second-order valence-electron chi connectivity index (χ2n) is 3.51. The number of rotatable bonds is 4. The zero-order chi connectivity index (χ0) is 13.1. The number of nitrogens with zero attached hydrogens (tertiary/aromatic N) is 4. The molecule has 1 aromatic carbocycles. The number of nitro groups is 1. The summed E-state index contributed by atoms with van der Waals surface area (Å²) < 4.78 is 1.21. The standard InChI is InChI=1S/C10H8N4O4/c15-10(16)9-5-11-12-13(9)6-7-1-3-8(4-2-7)14(17)18/h1-5H,6H2,(H,15,16). The van der Waals surface area contributed by atoms with E-state index in [1.165, 1.54) is 16.8 Å². The Morgan fingerprint density at radius 1 is 1.39 bits per heavy atom. The van der Waals surface area contributed by atoms with Gasteiger partial charge in [-0.1, -0.05) is 17.3 Å². The van der Waals surface area contributed by atoms with Crippen molar-refractivity contribution in [3.8, 4) is 0 Å². The maximum Gasteiger partial charge on any atom is 0.355 e. The number of carboxylic acids is 1. The Kier molecular flexibility index (Phi) is 3.00. The summed E-state index contributed by atoms with van der Waals surface area (Å²) in [4.78, 5) is 20.8. The van der Waals surface area contributed by atoms with Crippen LogP contribution in [0, 0.1) is 10.1 Å². The molecule has 0 amide bonds. The quantitative estimate of drug-likeness (QED) is 0.636. The molecule has 1 aromatic heterocycles. The molecule has 2 aromatic rings. The van der Waals surface area contributed by atoms with Crippen molar-refractivity contribution >= 4 is 11.7 Å². The summed E-state index contributed by atoms with van der Waals surface area (Å²) in [6, 6.07) is 5.80. The van der Waals surface area contributed by atoms with Crippen molar-refractivity contribution in [3.05, 3.63) is 51.8 Å². The fraction of sp³-hybridized carbons (Fsp3) is 0.100. The lowest BCUT2D eigenvalue weighted by atomic mass is 10.2. The number of aromatic carboxylic acids is 1. The van der Waals surface area contributed by atoms with Crippen LogP contribution in [-0.2, 0) is 6.54 Å². The van der Waals surface area contributed by atoms with Crippen molar-refractivity contribution in [2.24, 2.45) is 0 Å². The van der Waals surface area contributed by atoms with Crippen LogP contribution in [0.15, 0.2) is 30.5 Å². The molecular weight excluding hydrogens is 240 g/mol. The molecule has 2 rings (SSSR count). The minimum absolute atomic E-state index is 0.0178. The monoisotopic (exact) mass is 248 g/mol. The molecule has 8 nitrogen and oxygen atoms in total. The summed E-state index contributed by atoms with van der Waals surface area (Å²) in [5.74, 6) is -1.12. The summed E-state index contributed by atoms with van der Waals surface area (Å²) >= 11 is 0. The molecule has 0 aliphatic heterocycles. The van der Waals surface area contributed by atoms with Gasteiger partial charge in [-0.3, -0.25) is 10.1 Å². The van der Waals surface area contributed by atoms with Crippen LogP contribution >= 0.6 is 0 Å². The highest BCUT2D eigenvalue weighted by molar-refractivity contribution is 5.85. The molecule has 1 heterocycles. The number of nitro benzene ring substituents is 1. The topological polar surface area (TPSA) is 111 Å². The molecule has 8 heteroatoms. The van der Waals surface area contributed by atoms with Crippen LogP contribution < -0.4 is 0 Å². The van der Waals surface area contributed by atoms with Crippen LogP contribution in [0.4, 0.5) is 5.69 Å². The number of non-ortho nitro benzene ring substituents is 1. The van der Waals surface area contributed by atoms with Gasteiger partial charge in [0.15, 0.2) is 5.69 Å². The Morgan fingerprint density at radius 2 is 2.06 bits per heavy atom. The Labute approximate surface area is 101 Å². The number of aromatic nitrogens is 3. The lowest BCUT2D eigenvalue weighted by molar-refractivity contribution is -0.384. The highest BCUT2D eigenvalue weighted by Crippen LogP contribution is 2.13. The second kappa shape index (κ2) is 4.62. The molecule has 0 fully saturated rings. The molecule has 1 N–H and O–H groups in total. The van der Waals surface area contributed by atoms with Gasteiger partial charge >= 0.3 is 5.97 Å². The first-order valence-electron chi connectivity index (χ1n) is 4.93. The Morgan fingerprint density at radius 3 is 2.61 bits per heavy atom. The largest absolute Gasteiger partial charge is 0.476 e. The number of carboxylic acid groups (broad SMARTS) is 1. The van der Waals surface area contributed by atoms with E-state index in [9.17, 15) is 14.9 Å². The normalized spacial score (nSPS) is 10.2. The van der Waals surface area contributed by atoms with E-state index in [0.29, 0.717) is 5.56 Å². The van der Waals surface area contributed by atoms with Gasteiger partial charge in [0.05, 0.1) is 17.7 Å². The summed E-state index contributed by atoms with van der Waals surface area (Å²) in [5.41, 5.74) is 0.651. The molecule has 0 bridgehead atoms. The van der Waals surface area contributed by atoms with Crippen LogP contribution in [0.25, 0.3) is 0 Å². The van der Waals surface area contributed by atoms with Crippen molar-refractivity contribution in [2.75, 3.05) is 0 Å². The summed E-state index contributed by atoms with van der Waals surface area (Å²) in [6.07, 6.45) is 1.15. The molecule has 0 saturated carbocycles. The van der Waals surface area contributed by atoms with Crippen LogP contribution in [0.2, 0.25) is 0 Å². The lowest BCUT2D eigenvalue weighted by Gasteiger charge is -2.02. The summed E-state index contributed by atoms with van der Waals surface area (Å²) in [5, 5.41) is 26.5. The lowest BCUT2D eigenvalue weighted by Crippen LogP contribution is -2.10. The molecule has 0 aliphatic carbocycles. The second-order valence-corrected chi connectivity index (χ2v) is 3.51. The van der Waals surface area contributed by atoms with E-state index < -0.39 is 10.9 Å². The first kappa shape index (κ1) is 11.7. The van der Waals surface area contributed by atoms with Gasteiger partial charge in [0.1, 0.15) is 0 Å². The van der Waals surface area contributed by atoms with E-state index in [-0.39, 0.29) is 17.9 Å². The van der Waals surface area contributed by atoms with E-state index in [1.54, 1.807) is 12.1 Å². The molecule has 0 spiro atoms. The van der Waals surface area contributed by atoms with Gasteiger partial charge in [0, 0.05) is 12.1 Å². The first-order valence-corrected chi connectivity index (χ1v) is 4.93. The third kappa shape index (κ3) is 2.32. The third-order valence-corrected chi connectivity index (χ3v) is 2.32. The number of benzene rings is 1. The smallest absolute Gasteiger partial charge is 0.355 e. The van der Waals surface area contributed by atoms with E-state index >= 15 is 0 Å². The average Bonchev–Trinajstić information content (AvgIpc) is 2.78. The van der Waals surface area contributed by atoms with Gasteiger partial charge in [-0.2, -0.15) is 0 Å². The van der Waals surface area contributed by atoms with Gasteiger partial charge in [0.2, 0.25) is 0 Å². The molecule has 0 saturated heterocycles. The van der Waals surface area contributed by atoms with Crippen molar-refractivity contribution < 1.29 is 14.8 Å². The third-order valence-electron chi connectivity index (χ3n) is 2.32. The molecular formula is C10H8N4O4. The van der Waals surface area contributed by atoms with Gasteiger partial charge in [-0.25, -0.2) is 9.48 Å². The molecule has 18 heavy (non-hydrogen) atoms. The van der Waals surface area contributed by atoms with E-state index in [4.69, 9.17) is 5.11 Å². The SMILES string of the molecule is O=C(O)c1cnnn1Cc1ccc([N+](=O)[O-])cc1. The summed E-state index contributed by atoms with van der Waals surface area (Å²) in [7, 11) is 0. The predicted molar refractivity (Wildman–Crippen MR) is 59.2 cm³/mol. The molecule has 0 atom stereocenters. The van der Waals surface area contributed by atoms with E-state index in [2.05, 4.69) is 10.3 Å². The zero-order valence-electron chi connectivity index (χ0n) is 9.05. The molecule has 0 radical (unpaired) electrons. The fourth-order valence-electron chi connectivity index (χ4n) is 1.44. The first-order chi connectivity index (χ1) is 8.58. The molecule has 0 unspecified atom stereocenters. The van der Waals surface area contributed by atoms with Gasteiger partial charge in [-0.15, -0.1) is 5.10 Å². The highest BCUT2D eigenvalue weighted by atomic mass is 16.6. The number of hydrogen-bond acceptors (Lipinski definition) is 5. The van der Waals surface area contributed by atoms with Crippen LogP contribution in [0.5, 0.6) is 0 Å².